The van der Waals surface area contributed by atoms with Gasteiger partial charge in [0.05, 0.1) is 18.0 Å². The van der Waals surface area contributed by atoms with E-state index in [4.69, 9.17) is 17.0 Å². The Morgan fingerprint density at radius 1 is 1.21 bits per heavy atom. The maximum Gasteiger partial charge on any atom is 0.262 e. The van der Waals surface area contributed by atoms with Gasteiger partial charge in [0.25, 0.3) is 5.56 Å². The van der Waals surface area contributed by atoms with E-state index in [-0.39, 0.29) is 16.2 Å². The molecule has 2 aromatic carbocycles. The van der Waals surface area contributed by atoms with Crippen molar-refractivity contribution >= 4 is 35.3 Å². The summed E-state index contributed by atoms with van der Waals surface area (Å²) in [7, 11) is 0. The van der Waals surface area contributed by atoms with Crippen LogP contribution >= 0.6 is 12.2 Å². The largest absolute Gasteiger partial charge is 0.494 e. The van der Waals surface area contributed by atoms with Crippen molar-refractivity contribution in [2.45, 2.75) is 13.8 Å². The fourth-order valence-electron chi connectivity index (χ4n) is 3.33. The highest BCUT2D eigenvalue weighted by Crippen LogP contribution is 2.36. The zero-order valence-electron chi connectivity index (χ0n) is 16.0. The molecule has 1 aliphatic rings. The smallest absolute Gasteiger partial charge is 0.262 e. The van der Waals surface area contributed by atoms with Crippen molar-refractivity contribution in [1.82, 2.24) is 9.55 Å². The number of ether oxygens (including phenoxy) is 1. The van der Waals surface area contributed by atoms with E-state index in [2.05, 4.69) is 9.98 Å². The number of fused-ring (bicyclic) bond motifs is 1. The van der Waals surface area contributed by atoms with Crippen LogP contribution in [0.1, 0.15) is 25.0 Å². The molecular formula is C22H19N3O3S. The van der Waals surface area contributed by atoms with Crippen LogP contribution < -0.4 is 10.3 Å². The lowest BCUT2D eigenvalue weighted by molar-refractivity contribution is 0.340. The number of allylic oxidation sites excluding steroid dienone is 1. The molecule has 0 aliphatic carbocycles. The lowest BCUT2D eigenvalue weighted by Gasteiger charge is -2.13. The molecule has 1 aliphatic heterocycles. The topological polar surface area (TPSA) is 79.6 Å². The number of benzene rings is 2. The average Bonchev–Trinajstić information content (AvgIpc) is 3.01. The van der Waals surface area contributed by atoms with Crippen molar-refractivity contribution in [3.05, 3.63) is 74.8 Å². The molecule has 29 heavy (non-hydrogen) atoms. The van der Waals surface area contributed by atoms with Crippen LogP contribution in [-0.2, 0) is 0 Å². The van der Waals surface area contributed by atoms with Crippen molar-refractivity contribution in [3.8, 4) is 17.3 Å². The summed E-state index contributed by atoms with van der Waals surface area (Å²) in [4.78, 5) is 19.8. The van der Waals surface area contributed by atoms with Gasteiger partial charge >= 0.3 is 0 Å². The normalized spacial score (nSPS) is 14.0. The monoisotopic (exact) mass is 405 g/mol. The van der Waals surface area contributed by atoms with E-state index in [0.29, 0.717) is 18.0 Å². The molecule has 0 fully saturated rings. The van der Waals surface area contributed by atoms with Gasteiger partial charge in [-0.25, -0.2) is 0 Å². The van der Waals surface area contributed by atoms with Crippen LogP contribution in [0.25, 0.3) is 17.3 Å². The van der Waals surface area contributed by atoms with Gasteiger partial charge in [-0.05, 0) is 62.5 Å². The second kappa shape index (κ2) is 7.52. The molecule has 7 heteroatoms. The third kappa shape index (κ3) is 3.40. The third-order valence-electron chi connectivity index (χ3n) is 4.69. The number of nitrogens with zero attached hydrogens (tertiary/aromatic N) is 2. The second-order valence-corrected chi connectivity index (χ2v) is 6.92. The maximum atomic E-state index is 12.6. The van der Waals surface area contributed by atoms with Crippen LogP contribution in [0.4, 0.5) is 5.69 Å². The Hall–Kier alpha value is -3.45. The van der Waals surface area contributed by atoms with Gasteiger partial charge in [0.2, 0.25) is 5.88 Å². The summed E-state index contributed by atoms with van der Waals surface area (Å²) in [5.41, 5.74) is 3.60. The van der Waals surface area contributed by atoms with E-state index in [1.165, 1.54) is 4.57 Å². The number of hydrogen-bond donors (Lipinski definition) is 2. The van der Waals surface area contributed by atoms with Crippen molar-refractivity contribution in [2.24, 2.45) is 4.99 Å². The lowest BCUT2D eigenvalue weighted by atomic mass is 10.0. The highest BCUT2D eigenvalue weighted by atomic mass is 32.1. The molecule has 0 amide bonds. The first-order valence-electron chi connectivity index (χ1n) is 9.18. The van der Waals surface area contributed by atoms with E-state index in [1.807, 2.05) is 38.1 Å². The molecule has 0 spiro atoms. The van der Waals surface area contributed by atoms with Crippen molar-refractivity contribution in [1.29, 1.82) is 0 Å². The molecule has 0 saturated heterocycles. The molecular weight excluding hydrogens is 386 g/mol. The average molecular weight is 405 g/mol. The van der Waals surface area contributed by atoms with Crippen LogP contribution in [0.5, 0.6) is 11.6 Å². The highest BCUT2D eigenvalue weighted by molar-refractivity contribution is 7.71. The first-order valence-corrected chi connectivity index (χ1v) is 9.58. The number of nitrogens with one attached hydrogen (secondary N) is 1. The van der Waals surface area contributed by atoms with Gasteiger partial charge in [0.15, 0.2) is 4.77 Å². The SMILES string of the molecule is CCOc1ccc(-n2c(O)c(/C=C3/C(C)=Nc4ccccc43)c(=O)[nH]c2=S)cc1. The fraction of sp³-hybridized carbons (Fsp3) is 0.136. The number of aromatic nitrogens is 2. The van der Waals surface area contributed by atoms with Gasteiger partial charge in [-0.1, -0.05) is 18.2 Å². The number of para-hydroxylation sites is 1. The molecule has 0 radical (unpaired) electrons. The summed E-state index contributed by atoms with van der Waals surface area (Å²) in [6.45, 7) is 4.34. The van der Waals surface area contributed by atoms with E-state index >= 15 is 0 Å². The van der Waals surface area contributed by atoms with Crippen LogP contribution in [0.3, 0.4) is 0 Å². The maximum absolute atomic E-state index is 12.6. The Labute approximate surface area is 172 Å². The zero-order valence-corrected chi connectivity index (χ0v) is 16.8. The molecule has 3 aromatic rings. The number of H-pyrrole nitrogens is 1. The summed E-state index contributed by atoms with van der Waals surface area (Å²) < 4.78 is 6.99. The molecule has 0 atom stereocenters. The minimum Gasteiger partial charge on any atom is -0.494 e. The Morgan fingerprint density at radius 3 is 2.66 bits per heavy atom. The standard InChI is InChI=1S/C22H19N3O3S/c1-3-28-15-10-8-14(9-11-15)25-21(27)18(20(26)24-22(25)29)12-17-13(2)23-19-7-5-4-6-16(17)19/h4-12,27H,3H2,1-2H3,(H,24,26,29)/b17-12-. The number of aliphatic imine (C=N–C) groups is 1. The van der Waals surface area contributed by atoms with E-state index in [0.717, 1.165) is 22.5 Å². The van der Waals surface area contributed by atoms with Gasteiger partial charge in [0.1, 0.15) is 11.3 Å². The fourth-order valence-corrected chi connectivity index (χ4v) is 3.61. The summed E-state index contributed by atoms with van der Waals surface area (Å²) in [6, 6.07) is 14.8. The minimum atomic E-state index is -0.459. The summed E-state index contributed by atoms with van der Waals surface area (Å²) in [5, 5.41) is 10.9. The van der Waals surface area contributed by atoms with Gasteiger partial charge in [-0.2, -0.15) is 0 Å². The first-order chi connectivity index (χ1) is 14.0. The summed E-state index contributed by atoms with van der Waals surface area (Å²) >= 11 is 5.29. The molecule has 0 bridgehead atoms. The third-order valence-corrected chi connectivity index (χ3v) is 4.97. The quantitative estimate of drug-likeness (QED) is 0.620. The molecule has 0 unspecified atom stereocenters. The molecule has 6 nitrogen and oxygen atoms in total. The Kier molecular flexibility index (Phi) is 4.90. The van der Waals surface area contributed by atoms with Crippen LogP contribution in [0.15, 0.2) is 58.3 Å². The van der Waals surface area contributed by atoms with Crippen LogP contribution in [0, 0.1) is 4.77 Å². The second-order valence-electron chi connectivity index (χ2n) is 6.53. The Morgan fingerprint density at radius 2 is 1.93 bits per heavy atom. The van der Waals surface area contributed by atoms with Gasteiger partial charge in [0, 0.05) is 16.8 Å². The van der Waals surface area contributed by atoms with Crippen molar-refractivity contribution in [3.63, 3.8) is 0 Å². The molecule has 146 valence electrons. The van der Waals surface area contributed by atoms with E-state index < -0.39 is 5.56 Å². The number of aromatic amines is 1. The Balaban J connectivity index is 1.87. The molecule has 2 N–H and O–H groups in total. The van der Waals surface area contributed by atoms with E-state index in [9.17, 15) is 9.90 Å². The molecule has 0 saturated carbocycles. The zero-order chi connectivity index (χ0) is 20.5. The minimum absolute atomic E-state index is 0.107. The predicted molar refractivity (Wildman–Crippen MR) is 117 cm³/mol. The summed E-state index contributed by atoms with van der Waals surface area (Å²) in [5.74, 6) is 0.482. The highest BCUT2D eigenvalue weighted by Gasteiger charge is 2.20. The van der Waals surface area contributed by atoms with Gasteiger partial charge in [-0.15, -0.1) is 0 Å². The van der Waals surface area contributed by atoms with Crippen LogP contribution in [-0.4, -0.2) is 27.0 Å². The van der Waals surface area contributed by atoms with E-state index in [1.54, 1.807) is 30.3 Å². The number of rotatable bonds is 4. The molecule has 1 aromatic heterocycles. The number of hydrogen-bond acceptors (Lipinski definition) is 5. The Bertz CT molecular complexity index is 1270. The number of aromatic hydroxyl groups is 1. The van der Waals surface area contributed by atoms with Gasteiger partial charge < -0.3 is 9.84 Å². The molecule has 2 heterocycles. The predicted octanol–water partition coefficient (Wildman–Crippen LogP) is 4.65. The summed E-state index contributed by atoms with van der Waals surface area (Å²) in [6.07, 6.45) is 1.65. The van der Waals surface area contributed by atoms with Gasteiger partial charge in [-0.3, -0.25) is 19.3 Å². The lowest BCUT2D eigenvalue weighted by Crippen LogP contribution is -2.16. The van der Waals surface area contributed by atoms with Crippen molar-refractivity contribution < 1.29 is 9.84 Å². The van der Waals surface area contributed by atoms with Crippen LogP contribution in [0.2, 0.25) is 0 Å². The van der Waals surface area contributed by atoms with Crippen molar-refractivity contribution in [2.75, 3.05) is 6.61 Å². The molecule has 4 rings (SSSR count). The first kappa shape index (κ1) is 18.9.